The van der Waals surface area contributed by atoms with Crippen LogP contribution in [0.15, 0.2) is 53.4 Å². The van der Waals surface area contributed by atoms with Crippen molar-refractivity contribution in [1.82, 2.24) is 9.78 Å². The van der Waals surface area contributed by atoms with E-state index in [0.29, 0.717) is 17.2 Å². The Morgan fingerprint density at radius 1 is 1.10 bits per heavy atom. The van der Waals surface area contributed by atoms with Crippen LogP contribution >= 0.6 is 11.8 Å². The molecule has 4 rings (SSSR count). The van der Waals surface area contributed by atoms with Crippen molar-refractivity contribution in [2.24, 2.45) is 0 Å². The van der Waals surface area contributed by atoms with E-state index in [2.05, 4.69) is 10.4 Å². The second kappa shape index (κ2) is 7.80. The monoisotopic (exact) mass is 453 g/mol. The number of fused-ring (bicyclic) bond motifs is 1. The Bertz CT molecular complexity index is 1230. The van der Waals surface area contributed by atoms with Gasteiger partial charge in [0.1, 0.15) is 11.6 Å². The number of sulfone groups is 1. The molecule has 0 spiro atoms. The summed E-state index contributed by atoms with van der Waals surface area (Å²) in [5, 5.41) is 7.07. The highest BCUT2D eigenvalue weighted by atomic mass is 32.2. The molecule has 0 atom stereocenters. The van der Waals surface area contributed by atoms with Crippen LogP contribution in [-0.2, 0) is 21.3 Å². The van der Waals surface area contributed by atoms with Gasteiger partial charge in [-0.3, -0.25) is 4.79 Å². The lowest BCUT2D eigenvalue weighted by atomic mass is 10.2. The number of hydrogen-bond acceptors (Lipinski definition) is 5. The van der Waals surface area contributed by atoms with Gasteiger partial charge in [0.15, 0.2) is 0 Å². The SMILES string of the molecule is O=C(Nc1c2c(nn1-c1ccc(F)cc1)CSC2)c1ccccc1S(=O)(=O)C(F)F. The minimum Gasteiger partial charge on any atom is -0.306 e. The van der Waals surface area contributed by atoms with E-state index in [1.54, 1.807) is 11.8 Å². The predicted octanol–water partition coefficient (Wildman–Crippen LogP) is 4.01. The number of hydrogen-bond donors (Lipinski definition) is 1. The van der Waals surface area contributed by atoms with Gasteiger partial charge in [0.25, 0.3) is 5.91 Å². The summed E-state index contributed by atoms with van der Waals surface area (Å²) in [6.07, 6.45) is 0. The summed E-state index contributed by atoms with van der Waals surface area (Å²) in [5.74, 6) is -3.50. The molecule has 156 valence electrons. The Morgan fingerprint density at radius 2 is 1.80 bits per heavy atom. The Kier molecular flexibility index (Phi) is 5.33. The molecule has 0 fully saturated rings. The molecule has 0 aliphatic carbocycles. The second-order valence-corrected chi connectivity index (χ2v) is 9.28. The normalized spacial score (nSPS) is 13.5. The molecule has 0 radical (unpaired) electrons. The molecule has 6 nitrogen and oxygen atoms in total. The Balaban J connectivity index is 1.76. The molecular weight excluding hydrogens is 439 g/mol. The third-order valence-corrected chi connectivity index (χ3v) is 6.94. The van der Waals surface area contributed by atoms with Gasteiger partial charge < -0.3 is 5.32 Å². The van der Waals surface area contributed by atoms with Crippen molar-refractivity contribution in [3.05, 3.63) is 71.2 Å². The number of rotatable bonds is 5. The number of thioether (sulfide) groups is 1. The van der Waals surface area contributed by atoms with Crippen molar-refractivity contribution in [3.63, 3.8) is 0 Å². The lowest BCUT2D eigenvalue weighted by Gasteiger charge is -2.13. The van der Waals surface area contributed by atoms with E-state index in [9.17, 15) is 26.4 Å². The number of aromatic nitrogens is 2. The van der Waals surface area contributed by atoms with Crippen LogP contribution < -0.4 is 5.32 Å². The smallest absolute Gasteiger partial charge is 0.306 e. The zero-order chi connectivity index (χ0) is 21.5. The van der Waals surface area contributed by atoms with Crippen molar-refractivity contribution >= 4 is 33.3 Å². The Morgan fingerprint density at radius 3 is 2.50 bits per heavy atom. The molecule has 30 heavy (non-hydrogen) atoms. The average Bonchev–Trinajstić information content (AvgIpc) is 3.31. The van der Waals surface area contributed by atoms with Crippen LogP contribution in [0.4, 0.5) is 19.0 Å². The quantitative estimate of drug-likeness (QED) is 0.632. The van der Waals surface area contributed by atoms with Crippen LogP contribution in [0.2, 0.25) is 0 Å². The molecule has 1 aliphatic heterocycles. The van der Waals surface area contributed by atoms with Gasteiger partial charge in [-0.1, -0.05) is 12.1 Å². The maximum Gasteiger partial charge on any atom is 0.341 e. The van der Waals surface area contributed by atoms with Crippen molar-refractivity contribution in [3.8, 4) is 5.69 Å². The first kappa shape index (κ1) is 20.5. The van der Waals surface area contributed by atoms with E-state index in [-0.39, 0.29) is 5.82 Å². The summed E-state index contributed by atoms with van der Waals surface area (Å²) in [5.41, 5.74) is 1.56. The fourth-order valence-corrected chi connectivity index (χ4v) is 5.05. The fourth-order valence-electron chi connectivity index (χ4n) is 3.08. The molecule has 2 aromatic carbocycles. The first-order valence-electron chi connectivity index (χ1n) is 8.66. The molecule has 1 aromatic heterocycles. The Labute approximate surface area is 174 Å². The summed E-state index contributed by atoms with van der Waals surface area (Å²) >= 11 is 1.58. The molecule has 0 unspecified atom stereocenters. The fraction of sp³-hybridized carbons (Fsp3) is 0.158. The van der Waals surface area contributed by atoms with Crippen molar-refractivity contribution in [2.45, 2.75) is 22.2 Å². The zero-order valence-electron chi connectivity index (χ0n) is 15.2. The number of carbonyl (C=O) groups is 1. The van der Waals surface area contributed by atoms with E-state index in [1.807, 2.05) is 0 Å². The molecule has 0 bridgehead atoms. The van der Waals surface area contributed by atoms with Crippen LogP contribution in [0.25, 0.3) is 5.69 Å². The summed E-state index contributed by atoms with van der Waals surface area (Å²) < 4.78 is 64.8. The molecular formula is C19H14F3N3O3S2. The molecule has 11 heteroatoms. The highest BCUT2D eigenvalue weighted by molar-refractivity contribution is 7.98. The highest BCUT2D eigenvalue weighted by Gasteiger charge is 2.32. The van der Waals surface area contributed by atoms with Gasteiger partial charge in [0, 0.05) is 17.1 Å². The van der Waals surface area contributed by atoms with Crippen LogP contribution in [0.5, 0.6) is 0 Å². The lowest BCUT2D eigenvalue weighted by Crippen LogP contribution is -2.21. The average molecular weight is 453 g/mol. The first-order valence-corrected chi connectivity index (χ1v) is 11.4. The van der Waals surface area contributed by atoms with Gasteiger partial charge in [0.05, 0.1) is 21.8 Å². The van der Waals surface area contributed by atoms with E-state index in [1.165, 1.54) is 41.1 Å². The minimum absolute atomic E-state index is 0.288. The van der Waals surface area contributed by atoms with E-state index >= 15 is 0 Å². The topological polar surface area (TPSA) is 81.1 Å². The zero-order valence-corrected chi connectivity index (χ0v) is 16.8. The van der Waals surface area contributed by atoms with Gasteiger partial charge in [0.2, 0.25) is 9.84 Å². The molecule has 1 amide bonds. The van der Waals surface area contributed by atoms with E-state index in [0.717, 1.165) is 23.4 Å². The van der Waals surface area contributed by atoms with Gasteiger partial charge in [-0.2, -0.15) is 25.6 Å². The third kappa shape index (κ3) is 3.58. The molecule has 1 aliphatic rings. The van der Waals surface area contributed by atoms with Crippen molar-refractivity contribution in [2.75, 3.05) is 5.32 Å². The number of nitrogens with one attached hydrogen (secondary N) is 1. The molecule has 2 heterocycles. The van der Waals surface area contributed by atoms with Gasteiger partial charge in [-0.25, -0.2) is 17.5 Å². The number of nitrogens with zero attached hydrogens (tertiary/aromatic N) is 2. The summed E-state index contributed by atoms with van der Waals surface area (Å²) in [6.45, 7) is 0. The largest absolute Gasteiger partial charge is 0.341 e. The summed E-state index contributed by atoms with van der Waals surface area (Å²) in [4.78, 5) is 12.2. The molecule has 1 N–H and O–H groups in total. The van der Waals surface area contributed by atoms with Gasteiger partial charge in [-0.15, -0.1) is 0 Å². The lowest BCUT2D eigenvalue weighted by molar-refractivity contribution is 0.102. The third-order valence-electron chi connectivity index (χ3n) is 4.53. The van der Waals surface area contributed by atoms with Gasteiger partial charge in [-0.05, 0) is 36.4 Å². The van der Waals surface area contributed by atoms with Crippen molar-refractivity contribution < 1.29 is 26.4 Å². The van der Waals surface area contributed by atoms with Crippen LogP contribution in [-0.4, -0.2) is 29.9 Å². The molecule has 0 saturated heterocycles. The number of carbonyl (C=O) groups excluding carboxylic acids is 1. The standard InChI is InChI=1S/C19H14F3N3O3S2/c20-11-5-7-12(8-6-11)25-17(14-9-29-10-15(14)24-25)23-18(26)13-3-1-2-4-16(13)30(27,28)19(21)22/h1-8,19H,9-10H2,(H,23,26). The van der Waals surface area contributed by atoms with E-state index < -0.39 is 37.8 Å². The number of alkyl halides is 2. The molecule has 0 saturated carbocycles. The maximum absolute atomic E-state index is 13.3. The minimum atomic E-state index is -4.97. The Hall–Kier alpha value is -2.79. The first-order chi connectivity index (χ1) is 14.3. The second-order valence-electron chi connectivity index (χ2n) is 6.41. The number of amides is 1. The predicted molar refractivity (Wildman–Crippen MR) is 106 cm³/mol. The van der Waals surface area contributed by atoms with E-state index in [4.69, 9.17) is 0 Å². The maximum atomic E-state index is 13.3. The summed E-state index contributed by atoms with van der Waals surface area (Å²) in [7, 11) is -4.97. The number of benzene rings is 2. The van der Waals surface area contributed by atoms with Crippen LogP contribution in [0, 0.1) is 5.82 Å². The number of halogens is 3. The molecule has 3 aromatic rings. The highest BCUT2D eigenvalue weighted by Crippen LogP contribution is 2.36. The van der Waals surface area contributed by atoms with Gasteiger partial charge >= 0.3 is 5.76 Å². The van der Waals surface area contributed by atoms with Crippen LogP contribution in [0.3, 0.4) is 0 Å². The summed E-state index contributed by atoms with van der Waals surface area (Å²) in [6, 6.07) is 10.2. The van der Waals surface area contributed by atoms with Crippen molar-refractivity contribution in [1.29, 1.82) is 0 Å². The van der Waals surface area contributed by atoms with Crippen LogP contribution in [0.1, 0.15) is 21.6 Å². The number of anilines is 1.